The standard InChI is InChI=1S/C7H2BrClN2O4S/c8-6-5(11(12)13)2-1-4(3-10)7(6)16(9,14)15/h1-2H. The Morgan fingerprint density at radius 2 is 2.06 bits per heavy atom. The van der Waals surface area contributed by atoms with Gasteiger partial charge in [-0.2, -0.15) is 5.26 Å². The molecule has 0 aliphatic rings. The van der Waals surface area contributed by atoms with E-state index in [1.165, 1.54) is 0 Å². The molecule has 0 spiro atoms. The van der Waals surface area contributed by atoms with Crippen LogP contribution in [0.1, 0.15) is 5.56 Å². The largest absolute Gasteiger partial charge is 0.284 e. The molecule has 0 heterocycles. The third kappa shape index (κ3) is 2.32. The number of benzene rings is 1. The zero-order chi connectivity index (χ0) is 12.5. The Bertz CT molecular complexity index is 608. The van der Waals surface area contributed by atoms with Gasteiger partial charge in [-0.25, -0.2) is 8.42 Å². The molecule has 0 amide bonds. The van der Waals surface area contributed by atoms with Crippen LogP contribution >= 0.6 is 26.6 Å². The molecular formula is C7H2BrClN2O4S. The van der Waals surface area contributed by atoms with Crippen LogP contribution in [0.25, 0.3) is 0 Å². The van der Waals surface area contributed by atoms with E-state index in [0.717, 1.165) is 12.1 Å². The van der Waals surface area contributed by atoms with Gasteiger partial charge >= 0.3 is 0 Å². The van der Waals surface area contributed by atoms with Gasteiger partial charge < -0.3 is 0 Å². The Balaban J connectivity index is 3.76. The molecule has 6 nitrogen and oxygen atoms in total. The maximum absolute atomic E-state index is 11.2. The highest BCUT2D eigenvalue weighted by Crippen LogP contribution is 2.35. The van der Waals surface area contributed by atoms with E-state index in [2.05, 4.69) is 15.9 Å². The van der Waals surface area contributed by atoms with Crippen molar-refractivity contribution in [1.29, 1.82) is 5.26 Å². The van der Waals surface area contributed by atoms with Gasteiger partial charge in [-0.1, -0.05) is 0 Å². The molecular weight excluding hydrogens is 324 g/mol. The van der Waals surface area contributed by atoms with Crippen molar-refractivity contribution in [3.63, 3.8) is 0 Å². The van der Waals surface area contributed by atoms with E-state index in [4.69, 9.17) is 15.9 Å². The lowest BCUT2D eigenvalue weighted by Gasteiger charge is -2.03. The van der Waals surface area contributed by atoms with Crippen LogP contribution in [0.15, 0.2) is 21.5 Å². The number of hydrogen-bond donors (Lipinski definition) is 0. The monoisotopic (exact) mass is 324 g/mol. The molecule has 9 heteroatoms. The van der Waals surface area contributed by atoms with E-state index in [9.17, 15) is 18.5 Å². The summed E-state index contributed by atoms with van der Waals surface area (Å²) < 4.78 is 22.0. The Hall–Kier alpha value is -1.17. The average Bonchev–Trinajstić information content (AvgIpc) is 2.14. The van der Waals surface area contributed by atoms with Crippen molar-refractivity contribution < 1.29 is 13.3 Å². The second kappa shape index (κ2) is 4.37. The van der Waals surface area contributed by atoms with Crippen molar-refractivity contribution in [2.75, 3.05) is 0 Å². The lowest BCUT2D eigenvalue weighted by molar-refractivity contribution is -0.385. The van der Waals surface area contributed by atoms with Crippen LogP contribution in [0.3, 0.4) is 0 Å². The molecule has 16 heavy (non-hydrogen) atoms. The van der Waals surface area contributed by atoms with Crippen molar-refractivity contribution in [2.24, 2.45) is 0 Å². The molecule has 0 unspecified atom stereocenters. The fourth-order valence-corrected chi connectivity index (χ4v) is 3.60. The zero-order valence-electron chi connectivity index (χ0n) is 7.35. The van der Waals surface area contributed by atoms with Crippen LogP contribution in [-0.4, -0.2) is 13.3 Å². The molecule has 0 bridgehead atoms. The normalized spacial score (nSPS) is 10.8. The summed E-state index contributed by atoms with van der Waals surface area (Å²) in [5.74, 6) is 0. The third-order valence-electron chi connectivity index (χ3n) is 1.64. The lowest BCUT2D eigenvalue weighted by atomic mass is 10.2. The van der Waals surface area contributed by atoms with E-state index in [0.29, 0.717) is 0 Å². The molecule has 0 aliphatic heterocycles. The topological polar surface area (TPSA) is 101 Å². The number of nitro benzene ring substituents is 1. The van der Waals surface area contributed by atoms with Crippen molar-refractivity contribution in [3.05, 3.63) is 32.3 Å². The van der Waals surface area contributed by atoms with Crippen molar-refractivity contribution in [3.8, 4) is 6.07 Å². The molecule has 0 aromatic heterocycles. The van der Waals surface area contributed by atoms with E-state index in [1.807, 2.05) is 0 Å². The number of halogens is 2. The van der Waals surface area contributed by atoms with Crippen molar-refractivity contribution in [2.45, 2.75) is 4.90 Å². The van der Waals surface area contributed by atoms with Crippen molar-refractivity contribution in [1.82, 2.24) is 0 Å². The van der Waals surface area contributed by atoms with Crippen LogP contribution in [0.2, 0.25) is 0 Å². The minimum absolute atomic E-state index is 0.257. The molecule has 84 valence electrons. The molecule has 0 atom stereocenters. The molecule has 0 radical (unpaired) electrons. The van der Waals surface area contributed by atoms with Gasteiger partial charge in [0, 0.05) is 16.7 Å². The first-order valence-corrected chi connectivity index (χ1v) is 6.71. The van der Waals surface area contributed by atoms with Gasteiger partial charge in [0.05, 0.1) is 10.5 Å². The maximum atomic E-state index is 11.2. The van der Waals surface area contributed by atoms with Gasteiger partial charge in [0.15, 0.2) is 0 Å². The number of nitrogens with zero attached hydrogens (tertiary/aromatic N) is 2. The lowest BCUT2D eigenvalue weighted by Crippen LogP contribution is -2.00. The van der Waals surface area contributed by atoms with Crippen LogP contribution in [-0.2, 0) is 9.05 Å². The average molecular weight is 326 g/mol. The summed E-state index contributed by atoms with van der Waals surface area (Å²) in [5, 5.41) is 19.2. The zero-order valence-corrected chi connectivity index (χ0v) is 10.5. The Morgan fingerprint density at radius 1 is 1.50 bits per heavy atom. The van der Waals surface area contributed by atoms with E-state index < -0.39 is 24.6 Å². The Morgan fingerprint density at radius 3 is 2.44 bits per heavy atom. The minimum Gasteiger partial charge on any atom is -0.258 e. The van der Waals surface area contributed by atoms with Gasteiger partial charge in [-0.3, -0.25) is 10.1 Å². The maximum Gasteiger partial charge on any atom is 0.284 e. The van der Waals surface area contributed by atoms with E-state index in [-0.39, 0.29) is 10.0 Å². The van der Waals surface area contributed by atoms with Gasteiger partial charge in [-0.15, -0.1) is 0 Å². The second-order valence-corrected chi connectivity index (χ2v) is 5.88. The summed E-state index contributed by atoms with van der Waals surface area (Å²) in [6, 6.07) is 3.64. The molecule has 0 N–H and O–H groups in total. The molecule has 0 fully saturated rings. The Kier molecular flexibility index (Phi) is 3.52. The first-order chi connectivity index (χ1) is 7.29. The van der Waals surface area contributed by atoms with Gasteiger partial charge in [0.25, 0.3) is 14.7 Å². The quantitative estimate of drug-likeness (QED) is 0.471. The van der Waals surface area contributed by atoms with Crippen LogP contribution < -0.4 is 0 Å². The third-order valence-corrected chi connectivity index (χ3v) is 4.08. The molecule has 0 aliphatic carbocycles. The van der Waals surface area contributed by atoms with E-state index >= 15 is 0 Å². The summed E-state index contributed by atoms with van der Waals surface area (Å²) in [6.45, 7) is 0. The smallest absolute Gasteiger partial charge is 0.258 e. The van der Waals surface area contributed by atoms with Gasteiger partial charge in [0.2, 0.25) is 0 Å². The molecule has 0 saturated carbocycles. The van der Waals surface area contributed by atoms with Gasteiger partial charge in [0.1, 0.15) is 15.4 Å². The summed E-state index contributed by atoms with van der Waals surface area (Å²) in [5.41, 5.74) is -0.731. The molecule has 1 aromatic carbocycles. The van der Waals surface area contributed by atoms with Crippen LogP contribution in [0, 0.1) is 21.4 Å². The predicted molar refractivity (Wildman–Crippen MR) is 58.6 cm³/mol. The van der Waals surface area contributed by atoms with Gasteiger partial charge in [-0.05, 0) is 22.0 Å². The summed E-state index contributed by atoms with van der Waals surface area (Å²) in [6.07, 6.45) is 0. The molecule has 1 aromatic rings. The van der Waals surface area contributed by atoms with E-state index in [1.54, 1.807) is 6.07 Å². The highest BCUT2D eigenvalue weighted by molar-refractivity contribution is 9.10. The number of nitriles is 1. The number of hydrogen-bond acceptors (Lipinski definition) is 5. The fraction of sp³-hybridized carbons (Fsp3) is 0. The minimum atomic E-state index is -4.23. The summed E-state index contributed by atoms with van der Waals surface area (Å²) in [7, 11) is 0.859. The fourth-order valence-electron chi connectivity index (χ4n) is 1.01. The molecule has 0 saturated heterocycles. The summed E-state index contributed by atoms with van der Waals surface area (Å²) in [4.78, 5) is 9.18. The predicted octanol–water partition coefficient (Wildman–Crippen LogP) is 2.16. The SMILES string of the molecule is N#Cc1ccc([N+](=O)[O-])c(Br)c1S(=O)(=O)Cl. The number of nitro groups is 1. The first kappa shape index (κ1) is 12.9. The van der Waals surface area contributed by atoms with Crippen LogP contribution in [0.4, 0.5) is 5.69 Å². The second-order valence-electron chi connectivity index (χ2n) is 2.58. The van der Waals surface area contributed by atoms with Crippen LogP contribution in [0.5, 0.6) is 0 Å². The molecule has 1 rings (SSSR count). The number of rotatable bonds is 2. The Labute approximate surface area is 103 Å². The highest BCUT2D eigenvalue weighted by Gasteiger charge is 2.26. The van der Waals surface area contributed by atoms with Crippen molar-refractivity contribution >= 4 is 41.4 Å². The summed E-state index contributed by atoms with van der Waals surface area (Å²) >= 11 is 2.75. The highest BCUT2D eigenvalue weighted by atomic mass is 79.9. The first-order valence-electron chi connectivity index (χ1n) is 3.60.